The molecule has 57 heavy (non-hydrogen) atoms. The maximum Gasteiger partial charge on any atom is 0.306 e. The third kappa shape index (κ3) is 47.5. The van der Waals surface area contributed by atoms with Crippen LogP contribution in [0.4, 0.5) is 0 Å². The summed E-state index contributed by atoms with van der Waals surface area (Å²) >= 11 is 0. The van der Waals surface area contributed by atoms with Crippen LogP contribution in [0.1, 0.15) is 303 Å². The van der Waals surface area contributed by atoms with Crippen LogP contribution in [-0.2, 0) is 19.1 Å². The van der Waals surface area contributed by atoms with Gasteiger partial charge < -0.3 is 14.6 Å². The normalized spacial score (nSPS) is 12.0. The largest absolute Gasteiger partial charge is 0.462 e. The van der Waals surface area contributed by atoms with Crippen molar-refractivity contribution in [2.75, 3.05) is 13.2 Å². The summed E-state index contributed by atoms with van der Waals surface area (Å²) in [5, 5.41) is 9.63. The molecule has 0 bridgehead atoms. The predicted molar refractivity (Wildman–Crippen MR) is 247 cm³/mol. The van der Waals surface area contributed by atoms with Crippen LogP contribution >= 0.6 is 0 Å². The second kappa shape index (κ2) is 49.3. The maximum atomic E-state index is 12.3. The average Bonchev–Trinajstić information content (AvgIpc) is 3.21. The van der Waals surface area contributed by atoms with Crippen LogP contribution in [0.15, 0.2) is 0 Å². The van der Waals surface area contributed by atoms with Gasteiger partial charge in [-0.05, 0) is 12.8 Å². The number of hydrogen-bond donors (Lipinski definition) is 1. The molecule has 0 aliphatic rings. The number of aliphatic hydroxyl groups excluding tert-OH is 1. The van der Waals surface area contributed by atoms with Gasteiger partial charge in [0.05, 0.1) is 6.61 Å². The van der Waals surface area contributed by atoms with E-state index in [1.165, 1.54) is 244 Å². The van der Waals surface area contributed by atoms with Crippen molar-refractivity contribution in [3.63, 3.8) is 0 Å². The van der Waals surface area contributed by atoms with Crippen molar-refractivity contribution in [3.8, 4) is 0 Å². The molecular weight excluding hydrogens is 705 g/mol. The third-order valence-corrected chi connectivity index (χ3v) is 12.2. The molecule has 340 valence electrons. The molecule has 0 unspecified atom stereocenters. The molecule has 0 spiro atoms. The summed E-state index contributed by atoms with van der Waals surface area (Å²) < 4.78 is 10.7. The lowest BCUT2D eigenvalue weighted by Crippen LogP contribution is -2.28. The number of esters is 2. The van der Waals surface area contributed by atoms with Crippen LogP contribution < -0.4 is 0 Å². The monoisotopic (exact) mass is 807 g/mol. The molecule has 0 fully saturated rings. The highest BCUT2D eigenvalue weighted by Crippen LogP contribution is 2.18. The van der Waals surface area contributed by atoms with E-state index in [1.54, 1.807) is 0 Å². The zero-order valence-electron chi connectivity index (χ0n) is 38.9. The highest BCUT2D eigenvalue weighted by atomic mass is 16.6. The third-order valence-electron chi connectivity index (χ3n) is 12.2. The number of carbonyl (C=O) groups excluding carboxylic acids is 2. The Morgan fingerprint density at radius 1 is 0.333 bits per heavy atom. The van der Waals surface area contributed by atoms with E-state index in [1.807, 2.05) is 0 Å². The van der Waals surface area contributed by atoms with E-state index in [0.29, 0.717) is 12.8 Å². The Balaban J connectivity index is 3.41. The molecule has 0 aliphatic heterocycles. The molecule has 0 saturated heterocycles. The van der Waals surface area contributed by atoms with E-state index in [0.717, 1.165) is 32.1 Å². The quantitative estimate of drug-likeness (QED) is 0.0490. The molecule has 0 amide bonds. The standard InChI is InChI=1S/C52H102O5/c1-3-5-7-9-11-13-15-17-19-21-23-25-26-27-29-30-32-34-36-38-40-42-44-46-51(54)56-49-50(48-53)57-52(55)47-45-43-41-39-37-35-33-31-28-24-22-20-18-16-14-12-10-8-6-4-2/h50,53H,3-49H2,1-2H3/t50-/m0/s1. The smallest absolute Gasteiger partial charge is 0.306 e. The average molecular weight is 807 g/mol. The van der Waals surface area contributed by atoms with E-state index in [9.17, 15) is 14.7 Å². The molecule has 5 nitrogen and oxygen atoms in total. The molecule has 0 aliphatic carbocycles. The fourth-order valence-corrected chi connectivity index (χ4v) is 8.21. The van der Waals surface area contributed by atoms with Crippen molar-refractivity contribution in [3.05, 3.63) is 0 Å². The predicted octanol–water partition coefficient (Wildman–Crippen LogP) is 17.0. The lowest BCUT2D eigenvalue weighted by molar-refractivity contribution is -0.161. The number of carbonyl (C=O) groups is 2. The van der Waals surface area contributed by atoms with Crippen LogP contribution in [0.3, 0.4) is 0 Å². The zero-order valence-corrected chi connectivity index (χ0v) is 38.9. The molecule has 1 atom stereocenters. The molecule has 1 N–H and O–H groups in total. The summed E-state index contributed by atoms with van der Waals surface area (Å²) in [5.74, 6) is -0.565. The van der Waals surface area contributed by atoms with E-state index in [4.69, 9.17) is 9.47 Å². The van der Waals surface area contributed by atoms with Crippen molar-refractivity contribution >= 4 is 11.9 Å². The van der Waals surface area contributed by atoms with E-state index < -0.39 is 6.10 Å². The molecule has 0 aromatic rings. The number of ether oxygens (including phenoxy) is 2. The van der Waals surface area contributed by atoms with Gasteiger partial charge in [-0.25, -0.2) is 0 Å². The highest BCUT2D eigenvalue weighted by Gasteiger charge is 2.16. The number of rotatable bonds is 49. The molecule has 0 rings (SSSR count). The van der Waals surface area contributed by atoms with Gasteiger partial charge in [0, 0.05) is 12.8 Å². The Labute approximate surface area is 357 Å². The van der Waals surface area contributed by atoms with Crippen LogP contribution in [-0.4, -0.2) is 36.4 Å². The Morgan fingerprint density at radius 2 is 0.544 bits per heavy atom. The lowest BCUT2D eigenvalue weighted by atomic mass is 10.0. The Bertz CT molecular complexity index is 784. The maximum absolute atomic E-state index is 12.3. The fourth-order valence-electron chi connectivity index (χ4n) is 8.21. The summed E-state index contributed by atoms with van der Waals surface area (Å²) in [4.78, 5) is 24.4. The summed E-state index contributed by atoms with van der Waals surface area (Å²) in [6.07, 6.45) is 57.8. The van der Waals surface area contributed by atoms with Gasteiger partial charge >= 0.3 is 11.9 Å². The minimum Gasteiger partial charge on any atom is -0.462 e. The Morgan fingerprint density at radius 3 is 0.772 bits per heavy atom. The topological polar surface area (TPSA) is 72.8 Å². The number of unbranched alkanes of at least 4 members (excludes halogenated alkanes) is 41. The highest BCUT2D eigenvalue weighted by molar-refractivity contribution is 5.70. The van der Waals surface area contributed by atoms with Gasteiger partial charge in [-0.2, -0.15) is 0 Å². The van der Waals surface area contributed by atoms with Gasteiger partial charge in [0.1, 0.15) is 6.61 Å². The van der Waals surface area contributed by atoms with Gasteiger partial charge in [0.2, 0.25) is 0 Å². The first-order valence-corrected chi connectivity index (χ1v) is 26.1. The van der Waals surface area contributed by atoms with Crippen molar-refractivity contribution in [1.82, 2.24) is 0 Å². The molecular formula is C52H102O5. The molecule has 5 heteroatoms. The number of aliphatic hydroxyl groups is 1. The van der Waals surface area contributed by atoms with Crippen molar-refractivity contribution in [2.24, 2.45) is 0 Å². The molecule has 0 radical (unpaired) electrons. The summed E-state index contributed by atoms with van der Waals surface area (Å²) in [7, 11) is 0. The minimum absolute atomic E-state index is 0.0559. The van der Waals surface area contributed by atoms with Crippen molar-refractivity contribution < 1.29 is 24.2 Å². The van der Waals surface area contributed by atoms with Gasteiger partial charge in [0.15, 0.2) is 6.10 Å². The molecule has 0 aromatic carbocycles. The summed E-state index contributed by atoms with van der Waals surface area (Å²) in [6, 6.07) is 0. The fraction of sp³-hybridized carbons (Fsp3) is 0.962. The lowest BCUT2D eigenvalue weighted by Gasteiger charge is -2.15. The Hall–Kier alpha value is -1.10. The van der Waals surface area contributed by atoms with Crippen LogP contribution in [0, 0.1) is 0 Å². The second-order valence-electron chi connectivity index (χ2n) is 18.0. The van der Waals surface area contributed by atoms with E-state index >= 15 is 0 Å². The SMILES string of the molecule is CCCCCCCCCCCCCCCCCCCCCCCCCC(=O)OC[C@H](CO)OC(=O)CCCCCCCCCCCCCCCCCCCCCC. The zero-order chi connectivity index (χ0) is 41.4. The first-order chi connectivity index (χ1) is 28.1. The molecule has 0 heterocycles. The van der Waals surface area contributed by atoms with Crippen LogP contribution in [0.5, 0.6) is 0 Å². The van der Waals surface area contributed by atoms with Crippen LogP contribution in [0.25, 0.3) is 0 Å². The van der Waals surface area contributed by atoms with E-state index in [-0.39, 0.29) is 25.2 Å². The molecule has 0 saturated carbocycles. The van der Waals surface area contributed by atoms with Gasteiger partial charge in [0.25, 0.3) is 0 Å². The van der Waals surface area contributed by atoms with E-state index in [2.05, 4.69) is 13.8 Å². The van der Waals surface area contributed by atoms with Gasteiger partial charge in [-0.1, -0.05) is 277 Å². The van der Waals surface area contributed by atoms with Crippen LogP contribution in [0.2, 0.25) is 0 Å². The Kier molecular flexibility index (Phi) is 48.3. The van der Waals surface area contributed by atoms with Gasteiger partial charge in [-0.3, -0.25) is 9.59 Å². The molecule has 0 aromatic heterocycles. The van der Waals surface area contributed by atoms with Crippen molar-refractivity contribution in [2.45, 2.75) is 309 Å². The number of hydrogen-bond acceptors (Lipinski definition) is 5. The van der Waals surface area contributed by atoms with Gasteiger partial charge in [-0.15, -0.1) is 0 Å². The van der Waals surface area contributed by atoms with Crippen molar-refractivity contribution in [1.29, 1.82) is 0 Å². The summed E-state index contributed by atoms with van der Waals surface area (Å²) in [5.41, 5.74) is 0. The first kappa shape index (κ1) is 55.9. The first-order valence-electron chi connectivity index (χ1n) is 26.1. The minimum atomic E-state index is -0.763. The second-order valence-corrected chi connectivity index (χ2v) is 18.0. The summed E-state index contributed by atoms with van der Waals surface area (Å²) in [6.45, 7) is 4.20.